The van der Waals surface area contributed by atoms with Crippen molar-refractivity contribution in [1.29, 1.82) is 0 Å². The lowest BCUT2D eigenvalue weighted by Crippen LogP contribution is -2.24. The third kappa shape index (κ3) is 2.32. The van der Waals surface area contributed by atoms with Crippen LogP contribution >= 0.6 is 15.9 Å². The Hall–Kier alpha value is -0.760. The average molecular weight is 318 g/mol. The highest BCUT2D eigenvalue weighted by molar-refractivity contribution is 9.10. The van der Waals surface area contributed by atoms with Crippen LogP contribution in [-0.2, 0) is 9.84 Å². The number of anilines is 1. The third-order valence-electron chi connectivity index (χ3n) is 1.81. The van der Waals surface area contributed by atoms with E-state index < -0.39 is 20.2 Å². The molecule has 0 atom stereocenters. The number of alkyl halides is 3. The topological polar surface area (TPSA) is 46.2 Å². The van der Waals surface area contributed by atoms with Crippen LogP contribution in [0.1, 0.15) is 0 Å². The smallest absolute Gasteiger partial charge is 0.387 e. The number of rotatable bonds is 2. The first kappa shape index (κ1) is 13.3. The molecule has 0 aliphatic carbocycles. The first-order valence-corrected chi connectivity index (χ1v) is 6.26. The molecule has 0 radical (unpaired) electrons. The van der Waals surface area contributed by atoms with Gasteiger partial charge in [-0.1, -0.05) is 15.9 Å². The van der Waals surface area contributed by atoms with Gasteiger partial charge in [0.1, 0.15) is 0 Å². The van der Waals surface area contributed by atoms with Gasteiger partial charge >= 0.3 is 5.51 Å². The highest BCUT2D eigenvalue weighted by Gasteiger charge is 2.47. The molecule has 0 aliphatic rings. The van der Waals surface area contributed by atoms with Crippen molar-refractivity contribution in [2.24, 2.45) is 0 Å². The Morgan fingerprint density at radius 2 is 1.88 bits per heavy atom. The summed E-state index contributed by atoms with van der Waals surface area (Å²) in [6.07, 6.45) is 0. The molecule has 0 fully saturated rings. The largest absolute Gasteiger partial charge is 0.501 e. The van der Waals surface area contributed by atoms with Crippen molar-refractivity contribution < 1.29 is 21.6 Å². The second-order valence-electron chi connectivity index (χ2n) is 2.84. The molecular formula is C8H7BrF3NO2S. The minimum absolute atomic E-state index is 0.105. The van der Waals surface area contributed by atoms with E-state index in [4.69, 9.17) is 0 Å². The Labute approximate surface area is 98.7 Å². The number of nitrogens with one attached hydrogen (secondary N) is 1. The van der Waals surface area contributed by atoms with Gasteiger partial charge in [-0.2, -0.15) is 13.2 Å². The number of benzene rings is 1. The second kappa shape index (κ2) is 4.25. The summed E-state index contributed by atoms with van der Waals surface area (Å²) in [6, 6.07) is 3.40. The summed E-state index contributed by atoms with van der Waals surface area (Å²) in [5, 5.41) is 2.41. The zero-order chi connectivity index (χ0) is 12.6. The van der Waals surface area contributed by atoms with Gasteiger partial charge in [-0.25, -0.2) is 8.42 Å². The molecule has 16 heavy (non-hydrogen) atoms. The lowest BCUT2D eigenvalue weighted by molar-refractivity contribution is -0.0435. The van der Waals surface area contributed by atoms with E-state index in [0.29, 0.717) is 4.47 Å². The van der Waals surface area contributed by atoms with Crippen LogP contribution in [0.4, 0.5) is 18.9 Å². The zero-order valence-corrected chi connectivity index (χ0v) is 10.4. The van der Waals surface area contributed by atoms with Gasteiger partial charge in [0.2, 0.25) is 0 Å². The summed E-state index contributed by atoms with van der Waals surface area (Å²) in [7, 11) is -3.97. The Kier molecular flexibility index (Phi) is 3.53. The van der Waals surface area contributed by atoms with Crippen molar-refractivity contribution in [2.75, 3.05) is 12.4 Å². The summed E-state index contributed by atoms with van der Waals surface area (Å²) in [4.78, 5) is -0.786. The van der Waals surface area contributed by atoms with Crippen LogP contribution in [0.3, 0.4) is 0 Å². The van der Waals surface area contributed by atoms with Crippen LogP contribution < -0.4 is 5.32 Å². The molecule has 1 N–H and O–H groups in total. The van der Waals surface area contributed by atoms with E-state index in [1.165, 1.54) is 19.2 Å². The first-order chi connectivity index (χ1) is 7.20. The molecule has 0 spiro atoms. The predicted octanol–water partition coefficient (Wildman–Crippen LogP) is 2.78. The highest BCUT2D eigenvalue weighted by Crippen LogP contribution is 2.35. The molecule has 1 aromatic rings. The monoisotopic (exact) mass is 317 g/mol. The first-order valence-electron chi connectivity index (χ1n) is 3.99. The van der Waals surface area contributed by atoms with Gasteiger partial charge in [-0.15, -0.1) is 0 Å². The van der Waals surface area contributed by atoms with Crippen molar-refractivity contribution in [3.05, 3.63) is 22.7 Å². The molecule has 0 aliphatic heterocycles. The maximum atomic E-state index is 12.3. The van der Waals surface area contributed by atoms with E-state index in [-0.39, 0.29) is 5.69 Å². The van der Waals surface area contributed by atoms with E-state index in [1.54, 1.807) is 0 Å². The molecule has 1 rings (SSSR count). The van der Waals surface area contributed by atoms with Crippen molar-refractivity contribution in [3.63, 3.8) is 0 Å². The number of hydrogen-bond acceptors (Lipinski definition) is 3. The van der Waals surface area contributed by atoms with Gasteiger partial charge in [-0.05, 0) is 18.2 Å². The molecule has 8 heteroatoms. The standard InChI is InChI=1S/C8H7BrF3NO2S/c1-13-6-4-5(9)2-3-7(6)16(14,15)8(10,11)12/h2-4,13H,1H3. The Balaban J connectivity index is 3.46. The molecular weight excluding hydrogens is 311 g/mol. The second-order valence-corrected chi connectivity index (χ2v) is 5.66. The van der Waals surface area contributed by atoms with Crippen LogP contribution in [0.15, 0.2) is 27.6 Å². The summed E-state index contributed by atoms with van der Waals surface area (Å²) in [5.41, 5.74) is -5.40. The maximum Gasteiger partial charge on any atom is 0.501 e. The van der Waals surface area contributed by atoms with E-state index in [0.717, 1.165) is 6.07 Å². The van der Waals surface area contributed by atoms with Gasteiger partial charge in [0.25, 0.3) is 9.84 Å². The van der Waals surface area contributed by atoms with Gasteiger partial charge in [0, 0.05) is 11.5 Å². The molecule has 90 valence electrons. The molecule has 0 heterocycles. The van der Waals surface area contributed by atoms with Crippen molar-refractivity contribution in [2.45, 2.75) is 10.4 Å². The van der Waals surface area contributed by atoms with Crippen molar-refractivity contribution in [3.8, 4) is 0 Å². The summed E-state index contributed by atoms with van der Waals surface area (Å²) < 4.78 is 59.7. The summed E-state index contributed by atoms with van der Waals surface area (Å²) in [5.74, 6) is 0. The fourth-order valence-corrected chi connectivity index (χ4v) is 2.36. The fourth-order valence-electron chi connectivity index (χ4n) is 1.06. The quantitative estimate of drug-likeness (QED) is 0.912. The summed E-state index contributed by atoms with van der Waals surface area (Å²) >= 11 is 3.04. The Morgan fingerprint density at radius 3 is 2.31 bits per heavy atom. The van der Waals surface area contributed by atoms with Crippen LogP contribution in [-0.4, -0.2) is 21.0 Å². The molecule has 0 unspecified atom stereocenters. The number of halogens is 4. The fraction of sp³-hybridized carbons (Fsp3) is 0.250. The van der Waals surface area contributed by atoms with Gasteiger partial charge in [0.05, 0.1) is 10.6 Å². The van der Waals surface area contributed by atoms with E-state index >= 15 is 0 Å². The Morgan fingerprint density at radius 1 is 1.31 bits per heavy atom. The van der Waals surface area contributed by atoms with Crippen LogP contribution in [0.5, 0.6) is 0 Å². The average Bonchev–Trinajstić information content (AvgIpc) is 2.15. The SMILES string of the molecule is CNc1cc(Br)ccc1S(=O)(=O)C(F)(F)F. The molecule has 0 saturated carbocycles. The summed E-state index contributed by atoms with van der Waals surface area (Å²) in [6.45, 7) is 0. The van der Waals surface area contributed by atoms with Crippen molar-refractivity contribution >= 4 is 31.5 Å². The highest BCUT2D eigenvalue weighted by atomic mass is 79.9. The maximum absolute atomic E-state index is 12.3. The van der Waals surface area contributed by atoms with Crippen LogP contribution in [0, 0.1) is 0 Å². The molecule has 3 nitrogen and oxygen atoms in total. The lowest BCUT2D eigenvalue weighted by Gasteiger charge is -2.12. The molecule has 0 aromatic heterocycles. The van der Waals surface area contributed by atoms with Gasteiger partial charge in [0.15, 0.2) is 0 Å². The van der Waals surface area contributed by atoms with E-state index in [2.05, 4.69) is 21.2 Å². The normalized spacial score (nSPS) is 12.6. The minimum atomic E-state index is -5.32. The lowest BCUT2D eigenvalue weighted by atomic mass is 10.3. The number of sulfone groups is 1. The van der Waals surface area contributed by atoms with Gasteiger partial charge in [-0.3, -0.25) is 0 Å². The van der Waals surface area contributed by atoms with E-state index in [1.807, 2.05) is 0 Å². The third-order valence-corrected chi connectivity index (χ3v) is 3.84. The van der Waals surface area contributed by atoms with E-state index in [9.17, 15) is 21.6 Å². The molecule has 0 amide bonds. The van der Waals surface area contributed by atoms with Crippen molar-refractivity contribution in [1.82, 2.24) is 0 Å². The Bertz CT molecular complexity index is 498. The molecule has 1 aromatic carbocycles. The molecule has 0 saturated heterocycles. The zero-order valence-electron chi connectivity index (χ0n) is 7.97. The number of hydrogen-bond donors (Lipinski definition) is 1. The van der Waals surface area contributed by atoms with Crippen LogP contribution in [0.25, 0.3) is 0 Å². The predicted molar refractivity (Wildman–Crippen MR) is 56.9 cm³/mol. The molecule has 0 bridgehead atoms. The minimum Gasteiger partial charge on any atom is -0.387 e. The van der Waals surface area contributed by atoms with Gasteiger partial charge < -0.3 is 5.32 Å². The van der Waals surface area contributed by atoms with Crippen LogP contribution in [0.2, 0.25) is 0 Å².